The Hall–Kier alpha value is -0.580. The second-order valence-electron chi connectivity index (χ2n) is 4.83. The lowest BCUT2D eigenvalue weighted by molar-refractivity contribution is 0.133. The minimum atomic E-state index is 0.174. The van der Waals surface area contributed by atoms with Crippen LogP contribution >= 0.6 is 11.6 Å². The Labute approximate surface area is 121 Å². The van der Waals surface area contributed by atoms with Gasteiger partial charge in [0.2, 0.25) is 0 Å². The molecule has 0 aliphatic heterocycles. The maximum absolute atomic E-state index is 9.26. The summed E-state index contributed by atoms with van der Waals surface area (Å²) in [4.78, 5) is 2.30. The van der Waals surface area contributed by atoms with Crippen molar-refractivity contribution >= 4 is 11.6 Å². The maximum atomic E-state index is 9.26. The van der Waals surface area contributed by atoms with Crippen molar-refractivity contribution in [2.24, 2.45) is 0 Å². The van der Waals surface area contributed by atoms with Crippen molar-refractivity contribution < 1.29 is 5.11 Å². The number of rotatable bonds is 8. The molecular formula is C14H26ClN3O. The number of hydrogen-bond donors (Lipinski definition) is 1. The summed E-state index contributed by atoms with van der Waals surface area (Å²) >= 11 is 6.36. The molecule has 0 saturated heterocycles. The molecule has 1 N–H and O–H groups in total. The van der Waals surface area contributed by atoms with E-state index >= 15 is 0 Å². The van der Waals surface area contributed by atoms with Gasteiger partial charge >= 0.3 is 0 Å². The molecule has 1 aromatic rings. The highest BCUT2D eigenvalue weighted by Gasteiger charge is 2.20. The molecule has 19 heavy (non-hydrogen) atoms. The van der Waals surface area contributed by atoms with Gasteiger partial charge in [-0.3, -0.25) is 9.58 Å². The molecule has 1 heterocycles. The van der Waals surface area contributed by atoms with Gasteiger partial charge in [0.1, 0.15) is 0 Å². The van der Waals surface area contributed by atoms with E-state index in [9.17, 15) is 5.11 Å². The smallest absolute Gasteiger partial charge is 0.0860 e. The van der Waals surface area contributed by atoms with Crippen LogP contribution in [-0.4, -0.2) is 39.0 Å². The molecule has 0 aliphatic carbocycles. The zero-order valence-corrected chi connectivity index (χ0v) is 13.2. The number of nitrogens with zero attached hydrogens (tertiary/aromatic N) is 3. The lowest BCUT2D eigenvalue weighted by atomic mass is 10.1. The molecule has 0 fully saturated rings. The molecule has 1 rings (SSSR count). The predicted octanol–water partition coefficient (Wildman–Crippen LogP) is 2.85. The topological polar surface area (TPSA) is 41.3 Å². The fraction of sp³-hybridized carbons (Fsp3) is 0.786. The normalized spacial score (nSPS) is 11.8. The van der Waals surface area contributed by atoms with Crippen LogP contribution in [0.1, 0.15) is 45.0 Å². The van der Waals surface area contributed by atoms with Gasteiger partial charge in [0.15, 0.2) is 0 Å². The van der Waals surface area contributed by atoms with Crippen LogP contribution in [0.4, 0.5) is 0 Å². The molecule has 0 spiro atoms. The fourth-order valence-electron chi connectivity index (χ4n) is 2.54. The van der Waals surface area contributed by atoms with Gasteiger partial charge in [0, 0.05) is 25.7 Å². The molecule has 1 aromatic heterocycles. The minimum absolute atomic E-state index is 0.174. The monoisotopic (exact) mass is 287 g/mol. The molecule has 0 bridgehead atoms. The Morgan fingerprint density at radius 1 is 1.32 bits per heavy atom. The average molecular weight is 288 g/mol. The highest BCUT2D eigenvalue weighted by molar-refractivity contribution is 6.31. The Morgan fingerprint density at radius 2 is 1.95 bits per heavy atom. The number of halogens is 1. The van der Waals surface area contributed by atoms with Crippen LogP contribution in [-0.2, 0) is 13.1 Å². The van der Waals surface area contributed by atoms with E-state index in [0.29, 0.717) is 12.6 Å². The average Bonchev–Trinajstić information content (AvgIpc) is 2.68. The highest BCUT2D eigenvalue weighted by atomic mass is 35.5. The summed E-state index contributed by atoms with van der Waals surface area (Å²) in [6.45, 7) is 10.8. The van der Waals surface area contributed by atoms with Crippen molar-refractivity contribution in [2.45, 2.75) is 59.7 Å². The van der Waals surface area contributed by atoms with Gasteiger partial charge in [-0.1, -0.05) is 25.4 Å². The van der Waals surface area contributed by atoms with Gasteiger partial charge in [0.05, 0.1) is 23.0 Å². The van der Waals surface area contributed by atoms with Gasteiger partial charge in [-0.05, 0) is 26.7 Å². The summed E-state index contributed by atoms with van der Waals surface area (Å²) in [7, 11) is 0. The zero-order chi connectivity index (χ0) is 14.4. The van der Waals surface area contributed by atoms with Crippen molar-refractivity contribution in [3.8, 4) is 0 Å². The molecule has 5 heteroatoms. The van der Waals surface area contributed by atoms with Crippen molar-refractivity contribution in [3.63, 3.8) is 0 Å². The molecular weight excluding hydrogens is 262 g/mol. The highest BCUT2D eigenvalue weighted by Crippen LogP contribution is 2.23. The van der Waals surface area contributed by atoms with Crippen molar-refractivity contribution in [3.05, 3.63) is 16.4 Å². The molecule has 0 atom stereocenters. The van der Waals surface area contributed by atoms with Crippen molar-refractivity contribution in [1.82, 2.24) is 14.7 Å². The van der Waals surface area contributed by atoms with Gasteiger partial charge in [-0.2, -0.15) is 5.10 Å². The molecule has 0 aliphatic rings. The van der Waals surface area contributed by atoms with E-state index in [0.717, 1.165) is 42.3 Å². The zero-order valence-electron chi connectivity index (χ0n) is 12.5. The standard InChI is InChI=1S/C14H26ClN3O/c1-5-12(6-2)17(8-9-19)10-13-14(15)11(4)16-18(13)7-3/h12,19H,5-10H2,1-4H3. The molecule has 0 aromatic carbocycles. The first-order chi connectivity index (χ1) is 9.08. The third kappa shape index (κ3) is 3.94. The van der Waals surface area contributed by atoms with Gasteiger partial charge in [0.25, 0.3) is 0 Å². The van der Waals surface area contributed by atoms with E-state index in [-0.39, 0.29) is 6.61 Å². The Balaban J connectivity index is 2.95. The largest absolute Gasteiger partial charge is 0.395 e. The van der Waals surface area contributed by atoms with Crippen LogP contribution in [0, 0.1) is 6.92 Å². The van der Waals surface area contributed by atoms with Crippen LogP contribution in [0.2, 0.25) is 5.02 Å². The SMILES string of the molecule is CCC(CC)N(CCO)Cc1c(Cl)c(C)nn1CC. The van der Waals surface area contributed by atoms with E-state index in [4.69, 9.17) is 11.6 Å². The van der Waals surface area contributed by atoms with E-state index < -0.39 is 0 Å². The van der Waals surface area contributed by atoms with E-state index in [1.54, 1.807) is 0 Å². The maximum Gasteiger partial charge on any atom is 0.0860 e. The lowest BCUT2D eigenvalue weighted by Crippen LogP contribution is -2.36. The van der Waals surface area contributed by atoms with Gasteiger partial charge in [-0.15, -0.1) is 0 Å². The Bertz CT molecular complexity index is 388. The van der Waals surface area contributed by atoms with Crippen LogP contribution in [0.25, 0.3) is 0 Å². The van der Waals surface area contributed by atoms with Gasteiger partial charge in [-0.25, -0.2) is 0 Å². The second kappa shape index (κ2) is 7.88. The number of hydrogen-bond acceptors (Lipinski definition) is 3. The summed E-state index contributed by atoms with van der Waals surface area (Å²) in [5.41, 5.74) is 1.94. The second-order valence-corrected chi connectivity index (χ2v) is 5.20. The van der Waals surface area contributed by atoms with Crippen LogP contribution in [0.5, 0.6) is 0 Å². The van der Waals surface area contributed by atoms with Crippen molar-refractivity contribution in [1.29, 1.82) is 0 Å². The van der Waals surface area contributed by atoms with Crippen LogP contribution in [0.15, 0.2) is 0 Å². The van der Waals surface area contributed by atoms with Crippen molar-refractivity contribution in [2.75, 3.05) is 13.2 Å². The minimum Gasteiger partial charge on any atom is -0.395 e. The number of aromatic nitrogens is 2. The lowest BCUT2D eigenvalue weighted by Gasteiger charge is -2.30. The predicted molar refractivity (Wildman–Crippen MR) is 79.5 cm³/mol. The molecule has 4 nitrogen and oxygen atoms in total. The third-order valence-corrected chi connectivity index (χ3v) is 4.14. The van der Waals surface area contributed by atoms with Crippen LogP contribution in [0.3, 0.4) is 0 Å². The Kier molecular flexibility index (Phi) is 6.83. The van der Waals surface area contributed by atoms with E-state index in [2.05, 4.69) is 30.8 Å². The van der Waals surface area contributed by atoms with E-state index in [1.807, 2.05) is 11.6 Å². The molecule has 110 valence electrons. The quantitative estimate of drug-likeness (QED) is 0.799. The first-order valence-electron chi connectivity index (χ1n) is 7.15. The number of aliphatic hydroxyl groups is 1. The number of aliphatic hydroxyl groups excluding tert-OH is 1. The van der Waals surface area contributed by atoms with E-state index in [1.165, 1.54) is 0 Å². The number of aryl methyl sites for hydroxylation is 2. The Morgan fingerprint density at radius 3 is 2.42 bits per heavy atom. The summed E-state index contributed by atoms with van der Waals surface area (Å²) < 4.78 is 1.96. The fourth-order valence-corrected chi connectivity index (χ4v) is 2.73. The molecule has 0 saturated carbocycles. The summed E-state index contributed by atoms with van der Waals surface area (Å²) in [5, 5.41) is 14.5. The third-order valence-electron chi connectivity index (χ3n) is 3.65. The molecule has 0 radical (unpaired) electrons. The summed E-state index contributed by atoms with van der Waals surface area (Å²) in [6, 6.07) is 0.476. The summed E-state index contributed by atoms with van der Waals surface area (Å²) in [5.74, 6) is 0. The first-order valence-corrected chi connectivity index (χ1v) is 7.53. The molecule has 0 unspecified atom stereocenters. The summed E-state index contributed by atoms with van der Waals surface area (Å²) in [6.07, 6.45) is 2.15. The molecule has 0 amide bonds. The van der Waals surface area contributed by atoms with Gasteiger partial charge < -0.3 is 5.11 Å². The van der Waals surface area contributed by atoms with Crippen LogP contribution < -0.4 is 0 Å². The first kappa shape index (κ1) is 16.5.